The molecule has 1 fully saturated rings. The van der Waals surface area contributed by atoms with E-state index in [1.165, 1.54) is 0 Å². The van der Waals surface area contributed by atoms with Gasteiger partial charge in [0.1, 0.15) is 0 Å². The number of ether oxygens (including phenoxy) is 2. The van der Waals surface area contributed by atoms with Gasteiger partial charge in [-0.1, -0.05) is 6.07 Å². The lowest BCUT2D eigenvalue weighted by atomic mass is 10.0. The molecule has 7 nitrogen and oxygen atoms in total. The van der Waals surface area contributed by atoms with Crippen molar-refractivity contribution in [1.82, 2.24) is 4.31 Å². The number of aryl methyl sites for hydroxylation is 1. The molecule has 0 radical (unpaired) electrons. The SMILES string of the molecule is CC(=O)N1CCCc2cc(S(=O)(=O)N3CCC[C@H]3c3ccc4c(c3)OCCCO4)ccc21. The summed E-state index contributed by atoms with van der Waals surface area (Å²) in [7, 11) is -3.68. The molecule has 0 bridgehead atoms. The van der Waals surface area contributed by atoms with Gasteiger partial charge in [-0.05, 0) is 67.1 Å². The minimum atomic E-state index is -3.68. The number of rotatable bonds is 3. The van der Waals surface area contributed by atoms with Crippen molar-refractivity contribution in [3.8, 4) is 11.5 Å². The summed E-state index contributed by atoms with van der Waals surface area (Å²) in [6.45, 7) is 3.92. The number of sulfonamides is 1. The fraction of sp³-hybridized carbons (Fsp3) is 0.458. The summed E-state index contributed by atoms with van der Waals surface area (Å²) in [6.07, 6.45) is 4.00. The van der Waals surface area contributed by atoms with Crippen molar-refractivity contribution in [2.75, 3.05) is 31.2 Å². The van der Waals surface area contributed by atoms with Crippen LogP contribution >= 0.6 is 0 Å². The molecule has 32 heavy (non-hydrogen) atoms. The van der Waals surface area contributed by atoms with Crippen LogP contribution in [-0.2, 0) is 21.2 Å². The molecule has 0 spiro atoms. The van der Waals surface area contributed by atoms with Gasteiger partial charge in [-0.2, -0.15) is 4.31 Å². The Hall–Kier alpha value is -2.58. The smallest absolute Gasteiger partial charge is 0.243 e. The summed E-state index contributed by atoms with van der Waals surface area (Å²) < 4.78 is 40.5. The monoisotopic (exact) mass is 456 g/mol. The second-order valence-corrected chi connectivity index (χ2v) is 10.5. The molecule has 0 aliphatic carbocycles. The van der Waals surface area contributed by atoms with Crippen molar-refractivity contribution in [1.29, 1.82) is 0 Å². The summed E-state index contributed by atoms with van der Waals surface area (Å²) in [4.78, 5) is 14.0. The van der Waals surface area contributed by atoms with Gasteiger partial charge >= 0.3 is 0 Å². The minimum Gasteiger partial charge on any atom is -0.490 e. The van der Waals surface area contributed by atoms with E-state index in [4.69, 9.17) is 9.47 Å². The average Bonchev–Trinajstić information content (AvgIpc) is 3.18. The largest absolute Gasteiger partial charge is 0.490 e. The quantitative estimate of drug-likeness (QED) is 0.704. The lowest BCUT2D eigenvalue weighted by Crippen LogP contribution is -2.34. The zero-order chi connectivity index (χ0) is 22.3. The first kappa shape index (κ1) is 21.3. The number of carbonyl (C=O) groups excluding carboxylic acids is 1. The van der Waals surface area contributed by atoms with Crippen LogP contribution in [0, 0.1) is 0 Å². The molecule has 3 aliphatic heterocycles. The third kappa shape index (κ3) is 3.75. The van der Waals surface area contributed by atoms with E-state index in [1.54, 1.807) is 34.3 Å². The molecule has 1 amide bonds. The first-order valence-corrected chi connectivity index (χ1v) is 12.7. The van der Waals surface area contributed by atoms with Crippen LogP contribution in [0.2, 0.25) is 0 Å². The van der Waals surface area contributed by atoms with E-state index in [9.17, 15) is 13.2 Å². The Morgan fingerprint density at radius 2 is 1.78 bits per heavy atom. The van der Waals surface area contributed by atoms with E-state index in [2.05, 4.69) is 0 Å². The average molecular weight is 457 g/mol. The maximum absolute atomic E-state index is 13.7. The van der Waals surface area contributed by atoms with Gasteiger partial charge in [0.05, 0.1) is 24.2 Å². The number of amides is 1. The molecule has 0 aromatic heterocycles. The van der Waals surface area contributed by atoms with E-state index in [1.807, 2.05) is 18.2 Å². The van der Waals surface area contributed by atoms with Crippen molar-refractivity contribution in [2.24, 2.45) is 0 Å². The third-order valence-electron chi connectivity index (χ3n) is 6.52. The van der Waals surface area contributed by atoms with Gasteiger partial charge in [-0.25, -0.2) is 8.42 Å². The normalized spacial score (nSPS) is 21.2. The van der Waals surface area contributed by atoms with Gasteiger partial charge in [-0.3, -0.25) is 4.79 Å². The van der Waals surface area contributed by atoms with Gasteiger partial charge < -0.3 is 14.4 Å². The summed E-state index contributed by atoms with van der Waals surface area (Å²) in [5, 5.41) is 0. The molecule has 3 aliphatic rings. The molecule has 2 aromatic carbocycles. The van der Waals surface area contributed by atoms with Crippen LogP contribution in [0.4, 0.5) is 5.69 Å². The van der Waals surface area contributed by atoms with Gasteiger partial charge in [-0.15, -0.1) is 0 Å². The first-order valence-electron chi connectivity index (χ1n) is 11.3. The van der Waals surface area contributed by atoms with E-state index in [-0.39, 0.29) is 11.9 Å². The van der Waals surface area contributed by atoms with Crippen LogP contribution in [0.3, 0.4) is 0 Å². The number of nitrogens with zero attached hydrogens (tertiary/aromatic N) is 2. The first-order chi connectivity index (χ1) is 15.4. The second kappa shape index (κ2) is 8.41. The number of carbonyl (C=O) groups is 1. The molecule has 1 atom stereocenters. The Balaban J connectivity index is 1.46. The maximum atomic E-state index is 13.7. The molecular weight excluding hydrogens is 428 g/mol. The van der Waals surface area contributed by atoms with Crippen LogP contribution in [0.1, 0.15) is 49.8 Å². The molecule has 0 N–H and O–H groups in total. The number of hydrogen-bond acceptors (Lipinski definition) is 5. The highest BCUT2D eigenvalue weighted by molar-refractivity contribution is 7.89. The van der Waals surface area contributed by atoms with E-state index in [0.717, 1.165) is 48.9 Å². The zero-order valence-electron chi connectivity index (χ0n) is 18.2. The predicted octanol–water partition coefficient (Wildman–Crippen LogP) is 3.67. The maximum Gasteiger partial charge on any atom is 0.243 e. The lowest BCUT2D eigenvalue weighted by molar-refractivity contribution is -0.116. The molecule has 3 heterocycles. The Morgan fingerprint density at radius 3 is 2.59 bits per heavy atom. The Kier molecular flexibility index (Phi) is 5.59. The summed E-state index contributed by atoms with van der Waals surface area (Å²) >= 11 is 0. The standard InChI is InChI=1S/C24H28N2O5S/c1-17(27)25-11-2-5-18-15-20(8-9-21(18)25)32(28,29)26-12-3-6-22(26)19-7-10-23-24(16-19)31-14-4-13-30-23/h7-10,15-16,22H,2-6,11-14H2,1H3/t22-/m0/s1. The van der Waals surface area contributed by atoms with Crippen molar-refractivity contribution in [2.45, 2.75) is 50.0 Å². The summed E-state index contributed by atoms with van der Waals surface area (Å²) in [5.74, 6) is 1.38. The van der Waals surface area contributed by atoms with Gasteiger partial charge in [0.2, 0.25) is 15.9 Å². The molecule has 0 unspecified atom stereocenters. The Morgan fingerprint density at radius 1 is 0.969 bits per heavy atom. The van der Waals surface area contributed by atoms with Crippen LogP contribution in [0.15, 0.2) is 41.3 Å². The van der Waals surface area contributed by atoms with Gasteiger partial charge in [0, 0.05) is 32.1 Å². The van der Waals surface area contributed by atoms with Crippen molar-refractivity contribution in [3.05, 3.63) is 47.5 Å². The molecule has 8 heteroatoms. The van der Waals surface area contributed by atoms with Crippen molar-refractivity contribution < 1.29 is 22.7 Å². The lowest BCUT2D eigenvalue weighted by Gasteiger charge is -2.30. The summed E-state index contributed by atoms with van der Waals surface area (Å²) in [5.41, 5.74) is 2.67. The van der Waals surface area contributed by atoms with Crippen LogP contribution in [-0.4, -0.2) is 44.9 Å². The van der Waals surface area contributed by atoms with Crippen LogP contribution < -0.4 is 14.4 Å². The predicted molar refractivity (Wildman–Crippen MR) is 121 cm³/mol. The highest BCUT2D eigenvalue weighted by Gasteiger charge is 2.37. The van der Waals surface area contributed by atoms with Gasteiger partial charge in [0.25, 0.3) is 0 Å². The topological polar surface area (TPSA) is 76.2 Å². The molecule has 170 valence electrons. The molecule has 2 aromatic rings. The third-order valence-corrected chi connectivity index (χ3v) is 8.42. The number of hydrogen-bond donors (Lipinski definition) is 0. The summed E-state index contributed by atoms with van der Waals surface area (Å²) in [6, 6.07) is 10.7. The number of fused-ring (bicyclic) bond motifs is 2. The number of anilines is 1. The molecule has 0 saturated carbocycles. The van der Waals surface area contributed by atoms with Crippen LogP contribution in [0.5, 0.6) is 11.5 Å². The fourth-order valence-corrected chi connectivity index (χ4v) is 6.68. The fourth-order valence-electron chi connectivity index (χ4n) is 4.94. The Bertz CT molecular complexity index is 1150. The number of benzene rings is 2. The van der Waals surface area contributed by atoms with Gasteiger partial charge in [0.15, 0.2) is 11.5 Å². The molecule has 5 rings (SSSR count). The van der Waals surface area contributed by atoms with E-state index < -0.39 is 10.0 Å². The van der Waals surface area contributed by atoms with E-state index >= 15 is 0 Å². The Labute approximate surface area is 189 Å². The zero-order valence-corrected chi connectivity index (χ0v) is 19.1. The molecule has 1 saturated heterocycles. The highest BCUT2D eigenvalue weighted by atomic mass is 32.2. The van der Waals surface area contributed by atoms with Crippen molar-refractivity contribution >= 4 is 21.6 Å². The van der Waals surface area contributed by atoms with Crippen molar-refractivity contribution in [3.63, 3.8) is 0 Å². The van der Waals surface area contributed by atoms with E-state index in [0.29, 0.717) is 42.7 Å². The second-order valence-electron chi connectivity index (χ2n) is 8.60. The van der Waals surface area contributed by atoms with Crippen LogP contribution in [0.25, 0.3) is 0 Å². The minimum absolute atomic E-state index is 0.0180. The highest BCUT2D eigenvalue weighted by Crippen LogP contribution is 2.41. The molecular formula is C24H28N2O5S.